The number of anilines is 1. The van der Waals surface area contributed by atoms with E-state index in [0.29, 0.717) is 12.3 Å². The Labute approximate surface area is 174 Å². The van der Waals surface area contributed by atoms with E-state index in [1.165, 1.54) is 36.8 Å². The van der Waals surface area contributed by atoms with Crippen LogP contribution in [0.4, 0.5) is 5.69 Å². The quantitative estimate of drug-likeness (QED) is 0.656. The monoisotopic (exact) mass is 397 g/mol. The lowest BCUT2D eigenvalue weighted by Crippen LogP contribution is -2.42. The molecule has 0 heterocycles. The predicted molar refractivity (Wildman–Crippen MR) is 115 cm³/mol. The molecule has 1 aromatic rings. The van der Waals surface area contributed by atoms with Crippen molar-refractivity contribution in [3.05, 3.63) is 29.3 Å². The highest BCUT2D eigenvalue weighted by Gasteiger charge is 2.30. The highest BCUT2D eigenvalue weighted by Crippen LogP contribution is 2.33. The Morgan fingerprint density at radius 2 is 1.69 bits per heavy atom. The molecule has 1 aromatic carbocycles. The first-order chi connectivity index (χ1) is 14.1. The summed E-state index contributed by atoms with van der Waals surface area (Å²) in [4.78, 5) is 25.2. The molecule has 0 aromatic heterocycles. The smallest absolute Gasteiger partial charge is 0.223 e. The number of aryl methyl sites for hydroxylation is 1. The SMILES string of the molecule is Nc1ccc2c(c1)CCCC2NC(=O)C1CCC(NC(=O)CC2CCCC2)CC1. The Kier molecular flexibility index (Phi) is 6.41. The van der Waals surface area contributed by atoms with E-state index in [9.17, 15) is 9.59 Å². The number of nitrogens with one attached hydrogen (secondary N) is 2. The van der Waals surface area contributed by atoms with Crippen molar-refractivity contribution in [2.24, 2.45) is 11.8 Å². The van der Waals surface area contributed by atoms with Gasteiger partial charge in [-0.2, -0.15) is 0 Å². The highest BCUT2D eigenvalue weighted by molar-refractivity contribution is 5.79. The van der Waals surface area contributed by atoms with Crippen LogP contribution >= 0.6 is 0 Å². The second-order valence-electron chi connectivity index (χ2n) is 9.38. The zero-order valence-electron chi connectivity index (χ0n) is 17.4. The number of benzene rings is 1. The average Bonchev–Trinajstić information content (AvgIpc) is 3.21. The van der Waals surface area contributed by atoms with Crippen LogP contribution in [0, 0.1) is 11.8 Å². The van der Waals surface area contributed by atoms with Crippen molar-refractivity contribution < 1.29 is 9.59 Å². The Bertz CT molecular complexity index is 734. The fourth-order valence-corrected chi connectivity index (χ4v) is 5.54. The predicted octanol–water partition coefficient (Wildman–Crippen LogP) is 4.02. The first-order valence-corrected chi connectivity index (χ1v) is 11.6. The summed E-state index contributed by atoms with van der Waals surface area (Å²) in [7, 11) is 0. The minimum Gasteiger partial charge on any atom is -0.399 e. The molecule has 2 fully saturated rings. The molecule has 2 saturated carbocycles. The summed E-state index contributed by atoms with van der Waals surface area (Å²) in [6, 6.07) is 6.41. The van der Waals surface area contributed by atoms with E-state index in [1.807, 2.05) is 12.1 Å². The van der Waals surface area contributed by atoms with E-state index in [4.69, 9.17) is 5.73 Å². The van der Waals surface area contributed by atoms with Gasteiger partial charge in [0.05, 0.1) is 6.04 Å². The number of rotatable bonds is 5. The maximum absolute atomic E-state index is 12.9. The first-order valence-electron chi connectivity index (χ1n) is 11.6. The number of carbonyl (C=O) groups excluding carboxylic acids is 2. The normalized spacial score (nSPS) is 27.2. The van der Waals surface area contributed by atoms with E-state index in [2.05, 4.69) is 16.7 Å². The van der Waals surface area contributed by atoms with Gasteiger partial charge in [0, 0.05) is 24.1 Å². The summed E-state index contributed by atoms with van der Waals surface area (Å²) >= 11 is 0. The van der Waals surface area contributed by atoms with Crippen molar-refractivity contribution in [3.8, 4) is 0 Å². The van der Waals surface area contributed by atoms with Crippen LogP contribution in [0.1, 0.15) is 87.8 Å². The molecule has 1 atom stereocenters. The number of nitrogen functional groups attached to an aromatic ring is 1. The molecule has 0 spiro atoms. The summed E-state index contributed by atoms with van der Waals surface area (Å²) in [5.74, 6) is 1.04. The van der Waals surface area contributed by atoms with Crippen LogP contribution in [0.15, 0.2) is 18.2 Å². The van der Waals surface area contributed by atoms with Crippen molar-refractivity contribution in [2.75, 3.05) is 5.73 Å². The third-order valence-electron chi connectivity index (χ3n) is 7.21. The molecule has 0 bridgehead atoms. The summed E-state index contributed by atoms with van der Waals surface area (Å²) in [6.45, 7) is 0. The van der Waals surface area contributed by atoms with Gasteiger partial charge in [-0.25, -0.2) is 0 Å². The maximum atomic E-state index is 12.9. The lowest BCUT2D eigenvalue weighted by molar-refractivity contribution is -0.127. The third kappa shape index (κ3) is 5.12. The number of hydrogen-bond acceptors (Lipinski definition) is 3. The van der Waals surface area contributed by atoms with Crippen LogP contribution in [-0.2, 0) is 16.0 Å². The number of nitrogens with two attached hydrogens (primary N) is 1. The largest absolute Gasteiger partial charge is 0.399 e. The maximum Gasteiger partial charge on any atom is 0.223 e. The fraction of sp³-hybridized carbons (Fsp3) is 0.667. The second-order valence-corrected chi connectivity index (χ2v) is 9.38. The van der Waals surface area contributed by atoms with Crippen molar-refractivity contribution in [3.63, 3.8) is 0 Å². The molecule has 158 valence electrons. The van der Waals surface area contributed by atoms with E-state index >= 15 is 0 Å². The van der Waals surface area contributed by atoms with E-state index in [0.717, 1.165) is 50.6 Å². The van der Waals surface area contributed by atoms with Gasteiger partial charge in [-0.05, 0) is 87.0 Å². The van der Waals surface area contributed by atoms with Gasteiger partial charge in [0.15, 0.2) is 0 Å². The molecule has 3 aliphatic rings. The van der Waals surface area contributed by atoms with Gasteiger partial charge in [-0.3, -0.25) is 9.59 Å². The molecule has 0 aliphatic heterocycles. The van der Waals surface area contributed by atoms with Crippen LogP contribution in [-0.4, -0.2) is 17.9 Å². The standard InChI is InChI=1S/C24H35N3O2/c25-19-10-13-21-18(15-19)6-3-7-22(21)27-24(29)17-8-11-20(12-9-17)26-23(28)14-16-4-1-2-5-16/h10,13,15-17,20,22H,1-9,11-12,14,25H2,(H,26,28)(H,27,29). The highest BCUT2D eigenvalue weighted by atomic mass is 16.2. The number of amides is 2. The van der Waals surface area contributed by atoms with Crippen molar-refractivity contribution in [2.45, 2.75) is 89.1 Å². The molecule has 5 nitrogen and oxygen atoms in total. The Balaban J connectivity index is 1.24. The average molecular weight is 398 g/mol. The summed E-state index contributed by atoms with van der Waals surface area (Å²) in [6.07, 6.45) is 12.3. The summed E-state index contributed by atoms with van der Waals surface area (Å²) < 4.78 is 0. The molecule has 0 saturated heterocycles. The molecule has 2 amide bonds. The minimum absolute atomic E-state index is 0.0668. The fourth-order valence-electron chi connectivity index (χ4n) is 5.54. The summed E-state index contributed by atoms with van der Waals surface area (Å²) in [5.41, 5.74) is 9.22. The van der Waals surface area contributed by atoms with Gasteiger partial charge in [-0.1, -0.05) is 18.9 Å². The molecule has 4 rings (SSSR count). The van der Waals surface area contributed by atoms with Crippen LogP contribution in [0.5, 0.6) is 0 Å². The van der Waals surface area contributed by atoms with E-state index < -0.39 is 0 Å². The van der Waals surface area contributed by atoms with E-state index in [1.54, 1.807) is 0 Å². The van der Waals surface area contributed by atoms with Gasteiger partial charge < -0.3 is 16.4 Å². The molecule has 1 unspecified atom stereocenters. The first kappa shape index (κ1) is 20.2. The number of hydrogen-bond donors (Lipinski definition) is 3. The van der Waals surface area contributed by atoms with Gasteiger partial charge in [0.2, 0.25) is 11.8 Å². The van der Waals surface area contributed by atoms with Crippen molar-refractivity contribution in [1.82, 2.24) is 10.6 Å². The molecule has 5 heteroatoms. The molecule has 4 N–H and O–H groups in total. The molecule has 3 aliphatic carbocycles. The van der Waals surface area contributed by atoms with Crippen LogP contribution in [0.25, 0.3) is 0 Å². The number of carbonyl (C=O) groups is 2. The molecule has 0 radical (unpaired) electrons. The molecular weight excluding hydrogens is 362 g/mol. The van der Waals surface area contributed by atoms with Crippen LogP contribution in [0.3, 0.4) is 0 Å². The van der Waals surface area contributed by atoms with Crippen LogP contribution in [0.2, 0.25) is 0 Å². The van der Waals surface area contributed by atoms with Gasteiger partial charge >= 0.3 is 0 Å². The minimum atomic E-state index is 0.0668. The van der Waals surface area contributed by atoms with Gasteiger partial charge in [0.1, 0.15) is 0 Å². The van der Waals surface area contributed by atoms with Gasteiger partial charge in [0.25, 0.3) is 0 Å². The van der Waals surface area contributed by atoms with Crippen LogP contribution < -0.4 is 16.4 Å². The summed E-state index contributed by atoms with van der Waals surface area (Å²) in [5, 5.41) is 6.52. The lowest BCUT2D eigenvalue weighted by Gasteiger charge is -2.32. The second kappa shape index (κ2) is 9.19. The van der Waals surface area contributed by atoms with Crippen molar-refractivity contribution in [1.29, 1.82) is 0 Å². The Morgan fingerprint density at radius 3 is 2.45 bits per heavy atom. The topological polar surface area (TPSA) is 84.2 Å². The zero-order valence-corrected chi connectivity index (χ0v) is 17.4. The van der Waals surface area contributed by atoms with E-state index in [-0.39, 0.29) is 29.8 Å². The zero-order chi connectivity index (χ0) is 20.2. The molecular formula is C24H35N3O2. The Hall–Kier alpha value is -2.04. The molecule has 29 heavy (non-hydrogen) atoms. The Morgan fingerprint density at radius 1 is 0.931 bits per heavy atom. The van der Waals surface area contributed by atoms with Gasteiger partial charge in [-0.15, -0.1) is 0 Å². The lowest BCUT2D eigenvalue weighted by atomic mass is 9.83. The number of fused-ring (bicyclic) bond motifs is 1. The van der Waals surface area contributed by atoms with Crippen molar-refractivity contribution >= 4 is 17.5 Å². The third-order valence-corrected chi connectivity index (χ3v) is 7.21.